The van der Waals surface area contributed by atoms with E-state index in [1.165, 1.54) is 35.5 Å². The summed E-state index contributed by atoms with van der Waals surface area (Å²) >= 11 is 1.43. The smallest absolute Gasteiger partial charge is 0.242 e. The highest BCUT2D eigenvalue weighted by molar-refractivity contribution is 7.09. The summed E-state index contributed by atoms with van der Waals surface area (Å²) in [5.74, 6) is 1.71. The molecule has 1 saturated heterocycles. The van der Waals surface area contributed by atoms with Crippen molar-refractivity contribution in [2.75, 3.05) is 24.5 Å². The van der Waals surface area contributed by atoms with Gasteiger partial charge in [0, 0.05) is 37.1 Å². The Balaban J connectivity index is 1.40. The number of carbonyl (C=O) groups excluding carboxylic acids is 1. The van der Waals surface area contributed by atoms with Crippen LogP contribution in [0.25, 0.3) is 0 Å². The van der Waals surface area contributed by atoms with Gasteiger partial charge in [-0.05, 0) is 25.3 Å². The molecule has 0 spiro atoms. The summed E-state index contributed by atoms with van der Waals surface area (Å²) in [6, 6.07) is 8.35. The second-order valence-corrected chi connectivity index (χ2v) is 7.17. The minimum absolute atomic E-state index is 0.168. The molecule has 2 aliphatic rings. The molecule has 6 heteroatoms. The summed E-state index contributed by atoms with van der Waals surface area (Å²) in [6.45, 7) is 4.75. The van der Waals surface area contributed by atoms with E-state index in [2.05, 4.69) is 39.4 Å². The normalized spacial score (nSPS) is 18.6. The van der Waals surface area contributed by atoms with Crippen molar-refractivity contribution in [3.8, 4) is 0 Å². The third kappa shape index (κ3) is 3.22. The Bertz CT molecular complexity index is 725. The quantitative estimate of drug-likeness (QED) is 0.865. The monoisotopic (exact) mass is 328 g/mol. The number of nitrogens with zero attached hydrogens (tertiary/aromatic N) is 4. The average Bonchev–Trinajstić information content (AvgIpc) is 3.27. The SMILES string of the molecule is Cc1cccc(CN2CCN(c3nc(C4CC4)ns3)CC2=O)c1. The molecule has 0 unspecified atom stereocenters. The minimum Gasteiger partial charge on any atom is -0.336 e. The van der Waals surface area contributed by atoms with Crippen molar-refractivity contribution in [2.45, 2.75) is 32.2 Å². The van der Waals surface area contributed by atoms with Gasteiger partial charge < -0.3 is 9.80 Å². The number of carbonyl (C=O) groups is 1. The van der Waals surface area contributed by atoms with Gasteiger partial charge in [0.1, 0.15) is 5.82 Å². The summed E-state index contributed by atoms with van der Waals surface area (Å²) in [4.78, 5) is 21.1. The van der Waals surface area contributed by atoms with Gasteiger partial charge in [0.25, 0.3) is 0 Å². The molecule has 1 amide bonds. The molecular formula is C17H20N4OS. The fraction of sp³-hybridized carbons (Fsp3) is 0.471. The summed E-state index contributed by atoms with van der Waals surface area (Å²) < 4.78 is 4.44. The summed E-state index contributed by atoms with van der Waals surface area (Å²) in [5, 5.41) is 0.899. The number of piperazine rings is 1. The molecule has 1 aromatic carbocycles. The molecule has 1 aliphatic carbocycles. The highest BCUT2D eigenvalue weighted by Crippen LogP contribution is 2.39. The molecule has 1 saturated carbocycles. The molecule has 0 radical (unpaired) electrons. The van der Waals surface area contributed by atoms with Crippen LogP contribution in [0.15, 0.2) is 24.3 Å². The van der Waals surface area contributed by atoms with Gasteiger partial charge >= 0.3 is 0 Å². The van der Waals surface area contributed by atoms with Crippen LogP contribution < -0.4 is 4.90 Å². The Labute approximate surface area is 140 Å². The number of hydrogen-bond acceptors (Lipinski definition) is 5. The fourth-order valence-corrected chi connectivity index (χ4v) is 3.70. The zero-order valence-corrected chi connectivity index (χ0v) is 14.1. The molecular weight excluding hydrogens is 308 g/mol. The van der Waals surface area contributed by atoms with E-state index >= 15 is 0 Å². The lowest BCUT2D eigenvalue weighted by molar-refractivity contribution is -0.131. The number of benzene rings is 1. The van der Waals surface area contributed by atoms with Gasteiger partial charge in [-0.15, -0.1) is 0 Å². The maximum absolute atomic E-state index is 12.5. The summed E-state index contributed by atoms with van der Waals surface area (Å²) in [6.07, 6.45) is 2.42. The van der Waals surface area contributed by atoms with E-state index in [4.69, 9.17) is 0 Å². The van der Waals surface area contributed by atoms with Gasteiger partial charge in [0.05, 0.1) is 6.54 Å². The van der Waals surface area contributed by atoms with Gasteiger partial charge in [-0.1, -0.05) is 29.8 Å². The molecule has 23 heavy (non-hydrogen) atoms. The van der Waals surface area contributed by atoms with Crippen LogP contribution in [0.5, 0.6) is 0 Å². The molecule has 0 N–H and O–H groups in total. The van der Waals surface area contributed by atoms with Crippen molar-refractivity contribution < 1.29 is 4.79 Å². The van der Waals surface area contributed by atoms with Crippen LogP contribution in [0.3, 0.4) is 0 Å². The number of aryl methyl sites for hydroxylation is 1. The Kier molecular flexibility index (Phi) is 3.77. The Morgan fingerprint density at radius 3 is 2.91 bits per heavy atom. The van der Waals surface area contributed by atoms with Crippen LogP contribution in [0.2, 0.25) is 0 Å². The molecule has 120 valence electrons. The molecule has 1 aromatic heterocycles. The van der Waals surface area contributed by atoms with E-state index < -0.39 is 0 Å². The predicted molar refractivity (Wildman–Crippen MR) is 90.7 cm³/mol. The maximum atomic E-state index is 12.5. The predicted octanol–water partition coefficient (Wildman–Crippen LogP) is 2.57. The number of rotatable bonds is 4. The van der Waals surface area contributed by atoms with Crippen molar-refractivity contribution in [2.24, 2.45) is 0 Å². The van der Waals surface area contributed by atoms with E-state index in [9.17, 15) is 4.79 Å². The molecule has 2 heterocycles. The number of anilines is 1. The lowest BCUT2D eigenvalue weighted by Crippen LogP contribution is -2.50. The highest BCUT2D eigenvalue weighted by Gasteiger charge is 2.30. The zero-order chi connectivity index (χ0) is 15.8. The first-order valence-electron chi connectivity index (χ1n) is 8.11. The molecule has 4 rings (SSSR count). The highest BCUT2D eigenvalue weighted by atomic mass is 32.1. The second-order valence-electron chi connectivity index (χ2n) is 6.44. The third-order valence-electron chi connectivity index (χ3n) is 4.42. The van der Waals surface area contributed by atoms with Gasteiger partial charge in [-0.3, -0.25) is 4.79 Å². The first-order valence-corrected chi connectivity index (χ1v) is 8.88. The third-order valence-corrected chi connectivity index (χ3v) is 5.21. The Morgan fingerprint density at radius 1 is 1.30 bits per heavy atom. The van der Waals surface area contributed by atoms with Gasteiger partial charge in [-0.25, -0.2) is 4.98 Å². The molecule has 0 atom stereocenters. The fourth-order valence-electron chi connectivity index (χ4n) is 2.93. The largest absolute Gasteiger partial charge is 0.336 e. The zero-order valence-electron chi connectivity index (χ0n) is 13.2. The first kappa shape index (κ1) is 14.6. The van der Waals surface area contributed by atoms with Crippen LogP contribution in [-0.2, 0) is 11.3 Å². The minimum atomic E-state index is 0.168. The van der Waals surface area contributed by atoms with Crippen LogP contribution in [-0.4, -0.2) is 39.8 Å². The summed E-state index contributed by atoms with van der Waals surface area (Å²) in [5.41, 5.74) is 2.42. The van der Waals surface area contributed by atoms with E-state index in [1.807, 2.05) is 11.0 Å². The van der Waals surface area contributed by atoms with Crippen molar-refractivity contribution in [3.63, 3.8) is 0 Å². The molecule has 2 fully saturated rings. The van der Waals surface area contributed by atoms with Crippen LogP contribution in [0.4, 0.5) is 5.13 Å². The average molecular weight is 328 g/mol. The number of aromatic nitrogens is 2. The lowest BCUT2D eigenvalue weighted by atomic mass is 10.1. The molecule has 1 aliphatic heterocycles. The molecule has 5 nitrogen and oxygen atoms in total. The summed E-state index contributed by atoms with van der Waals surface area (Å²) in [7, 11) is 0. The standard InChI is InChI=1S/C17H20N4OS/c1-12-3-2-4-13(9-12)10-20-7-8-21(11-15(20)22)17-18-16(19-23-17)14-5-6-14/h2-4,9,14H,5-8,10-11H2,1H3. The van der Waals surface area contributed by atoms with Crippen LogP contribution >= 0.6 is 11.5 Å². The molecule has 0 bridgehead atoms. The van der Waals surface area contributed by atoms with Crippen LogP contribution in [0.1, 0.15) is 35.7 Å². The van der Waals surface area contributed by atoms with Crippen molar-refractivity contribution >= 4 is 22.6 Å². The Morgan fingerprint density at radius 2 is 2.17 bits per heavy atom. The van der Waals surface area contributed by atoms with E-state index in [-0.39, 0.29) is 5.91 Å². The van der Waals surface area contributed by atoms with Crippen molar-refractivity contribution in [1.82, 2.24) is 14.3 Å². The topological polar surface area (TPSA) is 49.3 Å². The van der Waals surface area contributed by atoms with Gasteiger partial charge in [-0.2, -0.15) is 4.37 Å². The number of amides is 1. The first-order chi connectivity index (χ1) is 11.2. The lowest BCUT2D eigenvalue weighted by Gasteiger charge is -2.34. The van der Waals surface area contributed by atoms with E-state index in [1.54, 1.807) is 0 Å². The molecule has 2 aromatic rings. The second kappa shape index (κ2) is 5.92. The van der Waals surface area contributed by atoms with Crippen molar-refractivity contribution in [1.29, 1.82) is 0 Å². The van der Waals surface area contributed by atoms with E-state index in [0.29, 0.717) is 19.0 Å². The van der Waals surface area contributed by atoms with Crippen LogP contribution in [0, 0.1) is 6.92 Å². The van der Waals surface area contributed by atoms with E-state index in [0.717, 1.165) is 24.0 Å². The van der Waals surface area contributed by atoms with Gasteiger partial charge in [0.15, 0.2) is 0 Å². The van der Waals surface area contributed by atoms with Gasteiger partial charge in [0.2, 0.25) is 11.0 Å². The van der Waals surface area contributed by atoms with Crippen molar-refractivity contribution in [3.05, 3.63) is 41.2 Å². The Hall–Kier alpha value is -1.95. The number of hydrogen-bond donors (Lipinski definition) is 0. The maximum Gasteiger partial charge on any atom is 0.242 e.